The van der Waals surface area contributed by atoms with Gasteiger partial charge in [0.2, 0.25) is 0 Å². The average molecular weight is 338 g/mol. The molecule has 0 saturated carbocycles. The number of carbonyl (C=O) groups is 2. The van der Waals surface area contributed by atoms with Crippen LogP contribution in [-0.4, -0.2) is 47.6 Å². The van der Waals surface area contributed by atoms with Crippen LogP contribution in [0.25, 0.3) is 0 Å². The molecule has 0 aromatic heterocycles. The number of hydrogen-bond acceptors (Lipinski definition) is 5. The third-order valence-electron chi connectivity index (χ3n) is 2.20. The Morgan fingerprint density at radius 2 is 1.78 bits per heavy atom. The second kappa shape index (κ2) is 10.4. The number of carbonyl (C=O) groups excluding carboxylic acids is 1. The first-order valence-electron chi connectivity index (χ1n) is 6.28. The van der Waals surface area contributed by atoms with Crippen molar-refractivity contribution in [1.29, 1.82) is 0 Å². The summed E-state index contributed by atoms with van der Waals surface area (Å²) in [5.74, 6) is -2.76. The van der Waals surface area contributed by atoms with E-state index in [9.17, 15) is 18.0 Å². The van der Waals surface area contributed by atoms with Crippen LogP contribution in [0.4, 0.5) is 18.0 Å². The molecule has 0 bridgehead atoms. The first-order chi connectivity index (χ1) is 10.7. The summed E-state index contributed by atoms with van der Waals surface area (Å²) in [5.41, 5.74) is 6.33. The zero-order valence-corrected chi connectivity index (χ0v) is 11.9. The lowest BCUT2D eigenvalue weighted by atomic mass is 10.2. The van der Waals surface area contributed by atoms with E-state index in [1.165, 1.54) is 0 Å². The normalized spacial score (nSPS) is 11.7. The maximum Gasteiger partial charge on any atom is 0.490 e. The molecule has 7 nitrogen and oxygen atoms in total. The Labute approximate surface area is 129 Å². The summed E-state index contributed by atoms with van der Waals surface area (Å²) in [5, 5.41) is 18.2. The number of alkyl carbamates (subject to hydrolysis) is 1. The van der Waals surface area contributed by atoms with Crippen molar-refractivity contribution < 1.29 is 37.7 Å². The zero-order valence-electron chi connectivity index (χ0n) is 11.9. The van der Waals surface area contributed by atoms with Crippen molar-refractivity contribution in [3.05, 3.63) is 35.9 Å². The standard InChI is InChI=1S/C11H16N2O3.C2HF3O2/c12-10(7-14)6-13-11(15)16-8-9-4-2-1-3-5-9;3-2(4,5)1(6)7/h1-5,10,14H,6-8,12H2,(H,13,15);(H,6,7)/t10-;/m0./s1. The molecule has 0 fully saturated rings. The third-order valence-corrected chi connectivity index (χ3v) is 2.20. The SMILES string of the molecule is N[C@H](CO)CNC(=O)OCc1ccccc1.O=C(O)C(F)(F)F. The summed E-state index contributed by atoms with van der Waals surface area (Å²) >= 11 is 0. The molecule has 5 N–H and O–H groups in total. The van der Waals surface area contributed by atoms with Crippen LogP contribution in [-0.2, 0) is 16.1 Å². The second-order valence-corrected chi connectivity index (χ2v) is 4.19. The molecule has 0 aliphatic heterocycles. The van der Waals surface area contributed by atoms with Crippen molar-refractivity contribution in [3.8, 4) is 0 Å². The van der Waals surface area contributed by atoms with Crippen LogP contribution in [0, 0.1) is 0 Å². The van der Waals surface area contributed by atoms with Crippen LogP contribution in [0.2, 0.25) is 0 Å². The molecule has 1 atom stereocenters. The number of carboxylic acids is 1. The van der Waals surface area contributed by atoms with E-state index >= 15 is 0 Å². The molecule has 0 aliphatic carbocycles. The highest BCUT2D eigenvalue weighted by Gasteiger charge is 2.38. The number of amides is 1. The highest BCUT2D eigenvalue weighted by atomic mass is 19.4. The Bertz CT molecular complexity index is 482. The second-order valence-electron chi connectivity index (χ2n) is 4.19. The van der Waals surface area contributed by atoms with E-state index in [-0.39, 0.29) is 19.8 Å². The van der Waals surface area contributed by atoms with Gasteiger partial charge in [0.15, 0.2) is 0 Å². The van der Waals surface area contributed by atoms with Gasteiger partial charge in [-0.05, 0) is 5.56 Å². The number of benzene rings is 1. The lowest BCUT2D eigenvalue weighted by molar-refractivity contribution is -0.192. The molecule has 0 spiro atoms. The number of carboxylic acid groups (broad SMARTS) is 1. The van der Waals surface area contributed by atoms with Crippen LogP contribution >= 0.6 is 0 Å². The lowest BCUT2D eigenvalue weighted by Gasteiger charge is -2.10. The Hall–Kier alpha value is -2.33. The minimum absolute atomic E-state index is 0.168. The number of nitrogens with two attached hydrogens (primary N) is 1. The fourth-order valence-corrected chi connectivity index (χ4v) is 1.05. The van der Waals surface area contributed by atoms with Crippen LogP contribution < -0.4 is 11.1 Å². The van der Waals surface area contributed by atoms with E-state index in [2.05, 4.69) is 5.32 Å². The quantitative estimate of drug-likeness (QED) is 0.632. The third kappa shape index (κ3) is 11.0. The van der Waals surface area contributed by atoms with E-state index in [0.717, 1.165) is 5.56 Å². The molecule has 130 valence electrons. The van der Waals surface area contributed by atoms with Gasteiger partial charge in [-0.25, -0.2) is 9.59 Å². The van der Waals surface area contributed by atoms with E-state index in [1.807, 2.05) is 30.3 Å². The van der Waals surface area contributed by atoms with Crippen molar-refractivity contribution in [2.75, 3.05) is 13.2 Å². The van der Waals surface area contributed by atoms with E-state index in [4.69, 9.17) is 25.5 Å². The minimum atomic E-state index is -5.08. The number of rotatable bonds is 5. The van der Waals surface area contributed by atoms with Gasteiger partial charge in [0.1, 0.15) is 6.61 Å². The summed E-state index contributed by atoms with van der Waals surface area (Å²) < 4.78 is 36.7. The molecule has 0 saturated heterocycles. The van der Waals surface area contributed by atoms with Gasteiger partial charge in [-0.1, -0.05) is 30.3 Å². The predicted octanol–water partition coefficient (Wildman–Crippen LogP) is 0.866. The van der Waals surface area contributed by atoms with Gasteiger partial charge in [0, 0.05) is 12.6 Å². The molecule has 10 heteroatoms. The van der Waals surface area contributed by atoms with Gasteiger partial charge < -0.3 is 26.0 Å². The summed E-state index contributed by atoms with van der Waals surface area (Å²) in [6, 6.07) is 8.92. The number of aliphatic hydroxyl groups excluding tert-OH is 1. The summed E-state index contributed by atoms with van der Waals surface area (Å²) in [6.07, 6.45) is -5.62. The molecule has 1 aromatic rings. The highest BCUT2D eigenvalue weighted by molar-refractivity contribution is 5.73. The maximum absolute atomic E-state index is 11.2. The number of halogens is 3. The predicted molar refractivity (Wildman–Crippen MR) is 73.4 cm³/mol. The number of aliphatic carboxylic acids is 1. The number of aliphatic hydroxyl groups is 1. The molecular weight excluding hydrogens is 321 g/mol. The van der Waals surface area contributed by atoms with Gasteiger partial charge in [0.05, 0.1) is 6.61 Å². The molecule has 1 rings (SSSR count). The number of alkyl halides is 3. The van der Waals surface area contributed by atoms with Crippen molar-refractivity contribution >= 4 is 12.1 Å². The van der Waals surface area contributed by atoms with Crippen molar-refractivity contribution in [3.63, 3.8) is 0 Å². The molecular formula is C13H17F3N2O5. The topological polar surface area (TPSA) is 122 Å². The minimum Gasteiger partial charge on any atom is -0.475 e. The smallest absolute Gasteiger partial charge is 0.475 e. The van der Waals surface area contributed by atoms with Crippen LogP contribution in [0.5, 0.6) is 0 Å². The molecule has 1 amide bonds. The zero-order chi connectivity index (χ0) is 17.9. The average Bonchev–Trinajstić information content (AvgIpc) is 2.51. The number of hydrogen-bond donors (Lipinski definition) is 4. The monoisotopic (exact) mass is 338 g/mol. The molecule has 23 heavy (non-hydrogen) atoms. The molecule has 0 unspecified atom stereocenters. The fraction of sp³-hybridized carbons (Fsp3) is 0.385. The van der Waals surface area contributed by atoms with Crippen molar-refractivity contribution in [2.45, 2.75) is 18.8 Å². The van der Waals surface area contributed by atoms with E-state index < -0.39 is 24.3 Å². The van der Waals surface area contributed by atoms with Crippen molar-refractivity contribution in [2.24, 2.45) is 5.73 Å². The summed E-state index contributed by atoms with van der Waals surface area (Å²) in [6.45, 7) is 0.254. The van der Waals surface area contributed by atoms with E-state index in [1.54, 1.807) is 0 Å². The first kappa shape index (κ1) is 20.7. The van der Waals surface area contributed by atoms with Gasteiger partial charge in [-0.3, -0.25) is 0 Å². The van der Waals surface area contributed by atoms with Gasteiger partial charge in [-0.2, -0.15) is 13.2 Å². The molecule has 1 aromatic carbocycles. The maximum atomic E-state index is 11.2. The van der Waals surface area contributed by atoms with Crippen LogP contribution in [0.1, 0.15) is 5.56 Å². The molecule has 0 heterocycles. The molecule has 0 radical (unpaired) electrons. The largest absolute Gasteiger partial charge is 0.490 e. The van der Waals surface area contributed by atoms with Crippen molar-refractivity contribution in [1.82, 2.24) is 5.32 Å². The lowest BCUT2D eigenvalue weighted by Crippen LogP contribution is -2.39. The Kier molecular flexibility index (Phi) is 9.35. The Morgan fingerprint density at radius 3 is 2.22 bits per heavy atom. The van der Waals surface area contributed by atoms with Gasteiger partial charge >= 0.3 is 18.2 Å². The summed E-state index contributed by atoms with van der Waals surface area (Å²) in [4.78, 5) is 20.1. The Morgan fingerprint density at radius 1 is 1.26 bits per heavy atom. The number of ether oxygens (including phenoxy) is 1. The van der Waals surface area contributed by atoms with Crippen LogP contribution in [0.3, 0.4) is 0 Å². The highest BCUT2D eigenvalue weighted by Crippen LogP contribution is 2.13. The summed E-state index contributed by atoms with van der Waals surface area (Å²) in [7, 11) is 0. The first-order valence-corrected chi connectivity index (χ1v) is 6.28. The van der Waals surface area contributed by atoms with Crippen LogP contribution in [0.15, 0.2) is 30.3 Å². The van der Waals surface area contributed by atoms with Gasteiger partial charge in [0.25, 0.3) is 0 Å². The van der Waals surface area contributed by atoms with Gasteiger partial charge in [-0.15, -0.1) is 0 Å². The molecule has 0 aliphatic rings. The van der Waals surface area contributed by atoms with E-state index in [0.29, 0.717) is 0 Å². The number of nitrogens with one attached hydrogen (secondary N) is 1. The fourth-order valence-electron chi connectivity index (χ4n) is 1.05. The Balaban J connectivity index is 0.000000585.